The molecule has 3 heterocycles. The summed E-state index contributed by atoms with van der Waals surface area (Å²) in [7, 11) is 0. The van der Waals surface area contributed by atoms with Gasteiger partial charge in [0.25, 0.3) is 0 Å². The monoisotopic (exact) mass is 348 g/mol. The number of nitrogens with zero attached hydrogens (tertiary/aromatic N) is 4. The third kappa shape index (κ3) is 3.89. The average molecular weight is 348 g/mol. The van der Waals surface area contributed by atoms with Crippen LogP contribution in [-0.4, -0.2) is 51.4 Å². The zero-order chi connectivity index (χ0) is 18.0. The second kappa shape index (κ2) is 7.85. The molecular weight excluding hydrogens is 316 g/mol. The van der Waals surface area contributed by atoms with Crippen molar-refractivity contribution in [3.05, 3.63) is 12.2 Å². The molecule has 2 aliphatic heterocycles. The van der Waals surface area contributed by atoms with Crippen molar-refractivity contribution in [1.82, 2.24) is 19.7 Å². The van der Waals surface area contributed by atoms with Gasteiger partial charge in [-0.05, 0) is 45.4 Å². The van der Waals surface area contributed by atoms with E-state index in [4.69, 9.17) is 4.74 Å². The lowest BCUT2D eigenvalue weighted by Gasteiger charge is -2.39. The van der Waals surface area contributed by atoms with Crippen LogP contribution in [-0.2, 0) is 9.53 Å². The van der Waals surface area contributed by atoms with E-state index in [2.05, 4.69) is 47.4 Å². The largest absolute Gasteiger partial charge is 0.377 e. The van der Waals surface area contributed by atoms with Crippen LogP contribution in [0.1, 0.15) is 71.2 Å². The summed E-state index contributed by atoms with van der Waals surface area (Å²) in [5.74, 6) is 2.18. The molecule has 6 nitrogen and oxygen atoms in total. The maximum Gasteiger partial charge on any atom is 0.228 e. The fourth-order valence-corrected chi connectivity index (χ4v) is 4.26. The maximum atomic E-state index is 13.0. The zero-order valence-electron chi connectivity index (χ0n) is 16.0. The molecule has 0 saturated carbocycles. The summed E-state index contributed by atoms with van der Waals surface area (Å²) in [5, 5.41) is 8.44. The highest BCUT2D eigenvalue weighted by Crippen LogP contribution is 2.32. The van der Waals surface area contributed by atoms with E-state index < -0.39 is 0 Å². The number of carbonyl (C=O) groups excluding carboxylic acids is 1. The zero-order valence-corrected chi connectivity index (χ0v) is 16.0. The molecule has 2 fully saturated rings. The molecule has 25 heavy (non-hydrogen) atoms. The van der Waals surface area contributed by atoms with Crippen LogP contribution < -0.4 is 0 Å². The van der Waals surface area contributed by atoms with Gasteiger partial charge in [-0.25, -0.2) is 0 Å². The molecule has 0 aromatic carbocycles. The minimum Gasteiger partial charge on any atom is -0.377 e. The molecule has 0 radical (unpaired) electrons. The molecule has 6 heteroatoms. The molecule has 2 aliphatic rings. The van der Waals surface area contributed by atoms with Crippen LogP contribution in [0.5, 0.6) is 0 Å². The van der Waals surface area contributed by atoms with E-state index in [1.165, 1.54) is 0 Å². The SMILES string of the molecule is CC(C)[C@@H]1OCCC[C@H]1C(=O)N1CCC(c2nncn2C(C)C)CC1. The van der Waals surface area contributed by atoms with Crippen molar-refractivity contribution in [3.8, 4) is 0 Å². The molecule has 0 unspecified atom stereocenters. The van der Waals surface area contributed by atoms with Crippen LogP contribution in [0.2, 0.25) is 0 Å². The van der Waals surface area contributed by atoms with Crippen LogP contribution in [0.3, 0.4) is 0 Å². The summed E-state index contributed by atoms with van der Waals surface area (Å²) in [4.78, 5) is 15.1. The number of piperidine rings is 1. The molecule has 0 bridgehead atoms. The van der Waals surface area contributed by atoms with E-state index in [0.717, 1.165) is 51.2 Å². The van der Waals surface area contributed by atoms with Gasteiger partial charge in [-0.3, -0.25) is 4.79 Å². The number of ether oxygens (including phenoxy) is 1. The van der Waals surface area contributed by atoms with Crippen molar-refractivity contribution in [3.63, 3.8) is 0 Å². The van der Waals surface area contributed by atoms with E-state index in [-0.39, 0.29) is 12.0 Å². The number of aromatic nitrogens is 3. The van der Waals surface area contributed by atoms with Gasteiger partial charge in [0, 0.05) is 31.7 Å². The van der Waals surface area contributed by atoms with Gasteiger partial charge in [-0.15, -0.1) is 10.2 Å². The molecule has 0 N–H and O–H groups in total. The summed E-state index contributed by atoms with van der Waals surface area (Å²) < 4.78 is 8.08. The first kappa shape index (κ1) is 18.4. The Balaban J connectivity index is 1.61. The molecule has 3 rings (SSSR count). The summed E-state index contributed by atoms with van der Waals surface area (Å²) in [6.07, 6.45) is 5.79. The molecule has 1 amide bonds. The van der Waals surface area contributed by atoms with Gasteiger partial charge in [-0.1, -0.05) is 13.8 Å². The van der Waals surface area contributed by atoms with Gasteiger partial charge in [0.05, 0.1) is 12.0 Å². The van der Waals surface area contributed by atoms with Gasteiger partial charge < -0.3 is 14.2 Å². The lowest BCUT2D eigenvalue weighted by molar-refractivity contribution is -0.148. The second-order valence-corrected chi connectivity index (χ2v) is 8.12. The summed E-state index contributed by atoms with van der Waals surface area (Å²) in [5.41, 5.74) is 0. The molecule has 0 aliphatic carbocycles. The molecular formula is C19H32N4O2. The number of likely N-dealkylation sites (tertiary alicyclic amines) is 1. The second-order valence-electron chi connectivity index (χ2n) is 8.12. The molecule has 0 spiro atoms. The number of rotatable bonds is 4. The smallest absolute Gasteiger partial charge is 0.228 e. The number of hydrogen-bond donors (Lipinski definition) is 0. The van der Waals surface area contributed by atoms with E-state index in [9.17, 15) is 4.79 Å². The Hall–Kier alpha value is -1.43. The maximum absolute atomic E-state index is 13.0. The van der Waals surface area contributed by atoms with Gasteiger partial charge in [0.2, 0.25) is 5.91 Å². The van der Waals surface area contributed by atoms with Gasteiger partial charge >= 0.3 is 0 Å². The molecule has 2 saturated heterocycles. The van der Waals surface area contributed by atoms with Crippen molar-refractivity contribution in [2.24, 2.45) is 11.8 Å². The van der Waals surface area contributed by atoms with E-state index in [1.807, 2.05) is 6.33 Å². The third-order valence-corrected chi connectivity index (χ3v) is 5.67. The van der Waals surface area contributed by atoms with Crippen molar-refractivity contribution < 1.29 is 9.53 Å². The Labute approximate surface area is 150 Å². The van der Waals surface area contributed by atoms with Crippen molar-refractivity contribution in [1.29, 1.82) is 0 Å². The van der Waals surface area contributed by atoms with E-state index in [0.29, 0.717) is 23.8 Å². The molecule has 140 valence electrons. The predicted octanol–water partition coefficient (Wildman–Crippen LogP) is 3.02. The van der Waals surface area contributed by atoms with Crippen molar-refractivity contribution in [2.75, 3.05) is 19.7 Å². The Kier molecular flexibility index (Phi) is 5.77. The minimum atomic E-state index is 0.0321. The number of amides is 1. The summed E-state index contributed by atoms with van der Waals surface area (Å²) in [6.45, 7) is 11.0. The fraction of sp³-hybridized carbons (Fsp3) is 0.842. The Morgan fingerprint density at radius 3 is 2.56 bits per heavy atom. The van der Waals surface area contributed by atoms with Crippen LogP contribution in [0.25, 0.3) is 0 Å². The number of carbonyl (C=O) groups is 1. The van der Waals surface area contributed by atoms with Crippen LogP contribution >= 0.6 is 0 Å². The van der Waals surface area contributed by atoms with Crippen LogP contribution in [0.15, 0.2) is 6.33 Å². The van der Waals surface area contributed by atoms with Gasteiger partial charge in [0.15, 0.2) is 0 Å². The highest BCUT2D eigenvalue weighted by Gasteiger charge is 2.37. The Bertz CT molecular complexity index is 576. The lowest BCUT2D eigenvalue weighted by Crippen LogP contribution is -2.48. The first-order valence-corrected chi connectivity index (χ1v) is 9.78. The van der Waals surface area contributed by atoms with Crippen molar-refractivity contribution in [2.45, 2.75) is 71.4 Å². The Morgan fingerprint density at radius 2 is 1.92 bits per heavy atom. The fourth-order valence-electron chi connectivity index (χ4n) is 4.26. The highest BCUT2D eigenvalue weighted by atomic mass is 16.5. The summed E-state index contributed by atoms with van der Waals surface area (Å²) >= 11 is 0. The first-order valence-electron chi connectivity index (χ1n) is 9.78. The normalized spacial score (nSPS) is 25.8. The highest BCUT2D eigenvalue weighted by molar-refractivity contribution is 5.79. The molecule has 1 aromatic heterocycles. The minimum absolute atomic E-state index is 0.0321. The summed E-state index contributed by atoms with van der Waals surface area (Å²) in [6, 6.07) is 0.371. The van der Waals surface area contributed by atoms with Crippen LogP contribution in [0.4, 0.5) is 0 Å². The Morgan fingerprint density at radius 1 is 1.20 bits per heavy atom. The van der Waals surface area contributed by atoms with E-state index in [1.54, 1.807) is 0 Å². The van der Waals surface area contributed by atoms with Gasteiger partial charge in [0.1, 0.15) is 12.2 Å². The van der Waals surface area contributed by atoms with Crippen LogP contribution in [0, 0.1) is 11.8 Å². The lowest BCUT2D eigenvalue weighted by atomic mass is 9.85. The first-order chi connectivity index (χ1) is 12.0. The predicted molar refractivity (Wildman–Crippen MR) is 96.3 cm³/mol. The molecule has 2 atom stereocenters. The topological polar surface area (TPSA) is 60.2 Å². The number of hydrogen-bond acceptors (Lipinski definition) is 4. The van der Waals surface area contributed by atoms with Crippen molar-refractivity contribution >= 4 is 5.91 Å². The third-order valence-electron chi connectivity index (χ3n) is 5.67. The molecule has 1 aromatic rings. The quantitative estimate of drug-likeness (QED) is 0.839. The standard InChI is InChI=1S/C19H32N4O2/c1-13(2)17-16(6-5-11-25-17)19(24)22-9-7-15(8-10-22)18-21-20-12-23(18)14(3)4/h12-17H,5-11H2,1-4H3/t16-,17+/m1/s1. The van der Waals surface area contributed by atoms with E-state index >= 15 is 0 Å². The van der Waals surface area contributed by atoms with Gasteiger partial charge in [-0.2, -0.15) is 0 Å². The average Bonchev–Trinajstić information content (AvgIpc) is 3.11.